The van der Waals surface area contributed by atoms with E-state index in [1.165, 1.54) is 12.1 Å². The van der Waals surface area contributed by atoms with Gasteiger partial charge in [0, 0.05) is 31.4 Å². The van der Waals surface area contributed by atoms with Gasteiger partial charge >= 0.3 is 0 Å². The topological polar surface area (TPSA) is 75.4 Å². The van der Waals surface area contributed by atoms with Crippen molar-refractivity contribution in [2.24, 2.45) is 0 Å². The van der Waals surface area contributed by atoms with Gasteiger partial charge in [0.2, 0.25) is 5.91 Å². The molecule has 0 atom stereocenters. The van der Waals surface area contributed by atoms with E-state index in [1.54, 1.807) is 29.2 Å². The molecule has 0 spiro atoms. The van der Waals surface area contributed by atoms with Gasteiger partial charge in [-0.05, 0) is 67.7 Å². The molecule has 154 valence electrons. The summed E-state index contributed by atoms with van der Waals surface area (Å²) >= 11 is 0. The highest BCUT2D eigenvalue weighted by atomic mass is 19.1. The lowest BCUT2D eigenvalue weighted by molar-refractivity contribution is -0.131. The minimum Gasteiger partial charge on any atom is -0.397 e. The molecule has 1 aromatic carbocycles. The van der Waals surface area contributed by atoms with Crippen LogP contribution in [0.5, 0.6) is 0 Å². The normalized spacial score (nSPS) is 13.0. The quantitative estimate of drug-likeness (QED) is 0.706. The van der Waals surface area contributed by atoms with Crippen LogP contribution in [0.1, 0.15) is 22.5 Å². The Hall–Kier alpha value is -3.32. The largest absolute Gasteiger partial charge is 0.397 e. The highest BCUT2D eigenvalue weighted by molar-refractivity contribution is 5.81. The average Bonchev–Trinajstić information content (AvgIpc) is 3.13. The number of aromatic nitrogens is 2. The Morgan fingerprint density at radius 1 is 1.13 bits per heavy atom. The van der Waals surface area contributed by atoms with Crippen molar-refractivity contribution in [3.8, 4) is 11.3 Å². The van der Waals surface area contributed by atoms with Crippen molar-refractivity contribution in [1.29, 1.82) is 0 Å². The first kappa shape index (κ1) is 20.0. The second kappa shape index (κ2) is 8.20. The Morgan fingerprint density at radius 2 is 1.87 bits per heavy atom. The number of benzene rings is 1. The maximum atomic E-state index is 13.2. The number of hydrogen-bond donors (Lipinski definition) is 1. The lowest BCUT2D eigenvalue weighted by atomic mass is 10.1. The van der Waals surface area contributed by atoms with Crippen LogP contribution in [0, 0.1) is 5.82 Å². The molecule has 0 fully saturated rings. The monoisotopic (exact) mass is 405 g/mol. The Balaban J connectivity index is 1.49. The molecule has 0 unspecified atom stereocenters. The van der Waals surface area contributed by atoms with Gasteiger partial charge in [-0.2, -0.15) is 0 Å². The predicted molar refractivity (Wildman–Crippen MR) is 114 cm³/mol. The molecule has 0 bridgehead atoms. The molecule has 7 heteroatoms. The van der Waals surface area contributed by atoms with E-state index < -0.39 is 0 Å². The third kappa shape index (κ3) is 4.31. The number of carbonyl (C=O) groups is 1. The number of amides is 1. The number of hydrogen-bond acceptors (Lipinski definition) is 5. The first-order valence-electron chi connectivity index (χ1n) is 9.79. The summed E-state index contributed by atoms with van der Waals surface area (Å²) in [4.78, 5) is 25.9. The molecule has 0 saturated heterocycles. The van der Waals surface area contributed by atoms with Crippen LogP contribution in [0.4, 0.5) is 10.1 Å². The second-order valence-corrected chi connectivity index (χ2v) is 7.85. The molecule has 2 aromatic heterocycles. The Kier molecular flexibility index (Phi) is 5.46. The molecular formula is C23H24FN5O. The molecular weight excluding hydrogens is 381 g/mol. The zero-order chi connectivity index (χ0) is 21.3. The van der Waals surface area contributed by atoms with Crippen molar-refractivity contribution >= 4 is 11.6 Å². The number of carbonyl (C=O) groups excluding carboxylic acids is 1. The molecule has 6 nitrogen and oxygen atoms in total. The highest BCUT2D eigenvalue weighted by Crippen LogP contribution is 2.25. The third-order valence-corrected chi connectivity index (χ3v) is 5.16. The third-order valence-electron chi connectivity index (χ3n) is 5.16. The summed E-state index contributed by atoms with van der Waals surface area (Å²) in [6.07, 6.45) is 1.98. The number of nitrogen functional groups attached to an aromatic ring is 1. The van der Waals surface area contributed by atoms with Crippen molar-refractivity contribution in [1.82, 2.24) is 19.8 Å². The van der Waals surface area contributed by atoms with E-state index in [4.69, 9.17) is 5.73 Å². The Labute approximate surface area is 175 Å². The van der Waals surface area contributed by atoms with E-state index in [0.29, 0.717) is 30.2 Å². The summed E-state index contributed by atoms with van der Waals surface area (Å²) in [7, 11) is 4.00. The summed E-state index contributed by atoms with van der Waals surface area (Å²) in [6, 6.07) is 11.7. The molecule has 4 rings (SSSR count). The minimum absolute atomic E-state index is 0.0317. The fourth-order valence-electron chi connectivity index (χ4n) is 3.61. The summed E-state index contributed by atoms with van der Waals surface area (Å²) in [6.45, 7) is 1.87. The van der Waals surface area contributed by atoms with Crippen LogP contribution in [0.15, 0.2) is 48.7 Å². The Bertz CT molecular complexity index is 1080. The second-order valence-electron chi connectivity index (χ2n) is 7.85. The SMILES string of the molecule is CN(C)Cc1cc2c(cn1)CN(C(=O)Cc1nc(-c3ccc(F)cc3)ccc1N)C2. The fraction of sp³-hybridized carbons (Fsp3) is 0.261. The van der Waals surface area contributed by atoms with Crippen molar-refractivity contribution < 1.29 is 9.18 Å². The van der Waals surface area contributed by atoms with E-state index in [2.05, 4.69) is 20.9 Å². The van der Waals surface area contributed by atoms with Crippen molar-refractivity contribution in [3.05, 3.63) is 77.0 Å². The van der Waals surface area contributed by atoms with Crippen molar-refractivity contribution in [2.75, 3.05) is 19.8 Å². The number of anilines is 1. The first-order valence-corrected chi connectivity index (χ1v) is 9.79. The van der Waals surface area contributed by atoms with Gasteiger partial charge in [0.05, 0.1) is 29.2 Å². The zero-order valence-corrected chi connectivity index (χ0v) is 17.1. The smallest absolute Gasteiger partial charge is 0.229 e. The first-order chi connectivity index (χ1) is 14.4. The van der Waals surface area contributed by atoms with E-state index in [-0.39, 0.29) is 18.1 Å². The lowest BCUT2D eigenvalue weighted by Gasteiger charge is -2.16. The van der Waals surface area contributed by atoms with E-state index in [1.807, 2.05) is 20.3 Å². The van der Waals surface area contributed by atoms with Gasteiger partial charge in [0.15, 0.2) is 0 Å². The molecule has 1 aliphatic rings. The molecule has 1 amide bonds. The standard InChI is InChI=1S/C23H24FN5O/c1-28(2)14-19-9-16-12-29(13-17(16)11-26-19)23(30)10-22-20(25)7-8-21(27-22)15-3-5-18(24)6-4-15/h3-9,11H,10,12-14,25H2,1-2H3. The van der Waals surface area contributed by atoms with Gasteiger partial charge in [-0.3, -0.25) is 14.8 Å². The summed E-state index contributed by atoms with van der Waals surface area (Å²) < 4.78 is 13.2. The van der Waals surface area contributed by atoms with Gasteiger partial charge < -0.3 is 15.5 Å². The molecule has 30 heavy (non-hydrogen) atoms. The van der Waals surface area contributed by atoms with Gasteiger partial charge in [-0.25, -0.2) is 4.39 Å². The van der Waals surface area contributed by atoms with Crippen molar-refractivity contribution in [3.63, 3.8) is 0 Å². The molecule has 3 aromatic rings. The van der Waals surface area contributed by atoms with Gasteiger partial charge in [0.25, 0.3) is 0 Å². The van der Waals surface area contributed by atoms with Gasteiger partial charge in [0.1, 0.15) is 5.82 Å². The maximum Gasteiger partial charge on any atom is 0.229 e. The van der Waals surface area contributed by atoms with Crippen LogP contribution in [0.3, 0.4) is 0 Å². The molecule has 2 N–H and O–H groups in total. The van der Waals surface area contributed by atoms with Gasteiger partial charge in [-0.15, -0.1) is 0 Å². The van der Waals surface area contributed by atoms with Crippen LogP contribution in [-0.2, 0) is 30.8 Å². The number of rotatable bonds is 5. The Morgan fingerprint density at radius 3 is 2.60 bits per heavy atom. The average molecular weight is 405 g/mol. The fourth-order valence-corrected chi connectivity index (χ4v) is 3.61. The predicted octanol–water partition coefficient (Wildman–Crippen LogP) is 3.01. The highest BCUT2D eigenvalue weighted by Gasteiger charge is 2.25. The molecule has 1 aliphatic heterocycles. The molecule has 0 aliphatic carbocycles. The van der Waals surface area contributed by atoms with E-state index in [9.17, 15) is 9.18 Å². The van der Waals surface area contributed by atoms with Crippen LogP contribution >= 0.6 is 0 Å². The van der Waals surface area contributed by atoms with Crippen LogP contribution in [0.2, 0.25) is 0 Å². The summed E-state index contributed by atoms with van der Waals surface area (Å²) in [5, 5.41) is 0. The molecule has 0 radical (unpaired) electrons. The number of fused-ring (bicyclic) bond motifs is 1. The number of halogens is 1. The number of nitrogens with two attached hydrogens (primary N) is 1. The number of pyridine rings is 2. The van der Waals surface area contributed by atoms with Crippen LogP contribution in [-0.4, -0.2) is 39.8 Å². The zero-order valence-electron chi connectivity index (χ0n) is 17.1. The van der Waals surface area contributed by atoms with Crippen LogP contribution in [0.25, 0.3) is 11.3 Å². The molecule has 3 heterocycles. The summed E-state index contributed by atoms with van der Waals surface area (Å²) in [5.74, 6) is -0.336. The van der Waals surface area contributed by atoms with Gasteiger partial charge in [-0.1, -0.05) is 0 Å². The summed E-state index contributed by atoms with van der Waals surface area (Å²) in [5.41, 5.74) is 11.7. The van der Waals surface area contributed by atoms with E-state index >= 15 is 0 Å². The van der Waals surface area contributed by atoms with Crippen molar-refractivity contribution in [2.45, 2.75) is 26.1 Å². The number of nitrogens with zero attached hydrogens (tertiary/aromatic N) is 4. The van der Waals surface area contributed by atoms with Crippen LogP contribution < -0.4 is 5.73 Å². The maximum absolute atomic E-state index is 13.2. The minimum atomic E-state index is -0.304. The van der Waals surface area contributed by atoms with E-state index in [0.717, 1.165) is 28.9 Å². The molecule has 0 saturated carbocycles. The lowest BCUT2D eigenvalue weighted by Crippen LogP contribution is -2.27.